The summed E-state index contributed by atoms with van der Waals surface area (Å²) in [5.74, 6) is -2.23. The lowest BCUT2D eigenvalue weighted by Crippen LogP contribution is -2.34. The number of nitrogens with zero attached hydrogens (tertiary/aromatic N) is 1. The normalized spacial score (nSPS) is 23.6. The third-order valence-electron chi connectivity index (χ3n) is 3.59. The maximum absolute atomic E-state index is 13.7. The van der Waals surface area contributed by atoms with Crippen molar-refractivity contribution >= 4 is 17.5 Å². The van der Waals surface area contributed by atoms with E-state index in [1.54, 1.807) is 6.92 Å². The van der Waals surface area contributed by atoms with E-state index in [9.17, 15) is 18.7 Å². The van der Waals surface area contributed by atoms with Crippen LogP contribution in [-0.4, -0.2) is 34.6 Å². The second-order valence-corrected chi connectivity index (χ2v) is 5.80. The van der Waals surface area contributed by atoms with Gasteiger partial charge in [0.2, 0.25) is 0 Å². The molecule has 20 heavy (non-hydrogen) atoms. The lowest BCUT2D eigenvalue weighted by atomic mass is 9.98. The molecule has 110 valence electrons. The fourth-order valence-corrected chi connectivity index (χ4v) is 2.47. The van der Waals surface area contributed by atoms with Gasteiger partial charge in [0.05, 0.1) is 16.2 Å². The van der Waals surface area contributed by atoms with Gasteiger partial charge in [0.15, 0.2) is 0 Å². The van der Waals surface area contributed by atoms with Crippen molar-refractivity contribution in [3.63, 3.8) is 0 Å². The minimum absolute atomic E-state index is 0.315. The Balaban J connectivity index is 2.21. The molecule has 6 heteroatoms. The van der Waals surface area contributed by atoms with Crippen molar-refractivity contribution in [3.8, 4) is 0 Å². The standard InChI is InChI=1S/C14H16ClF2NO2/c1-14(20)3-2-5-18(6-4-14)13(19)9-7-12(17)10(15)8-11(9)16/h7-8,20H,2-6H2,1H3. The number of rotatable bonds is 1. The van der Waals surface area contributed by atoms with Gasteiger partial charge in [-0.05, 0) is 38.3 Å². The fourth-order valence-electron chi connectivity index (χ4n) is 2.32. The van der Waals surface area contributed by atoms with Crippen LogP contribution in [0.1, 0.15) is 36.5 Å². The molecule has 1 saturated heterocycles. The summed E-state index contributed by atoms with van der Waals surface area (Å²) in [5.41, 5.74) is -1.15. The van der Waals surface area contributed by atoms with Crippen LogP contribution in [-0.2, 0) is 0 Å². The molecule has 1 amide bonds. The molecule has 1 aliphatic rings. The van der Waals surface area contributed by atoms with Crippen LogP contribution < -0.4 is 0 Å². The lowest BCUT2D eigenvalue weighted by molar-refractivity contribution is 0.0437. The van der Waals surface area contributed by atoms with Crippen molar-refractivity contribution in [2.24, 2.45) is 0 Å². The van der Waals surface area contributed by atoms with Gasteiger partial charge in [-0.2, -0.15) is 0 Å². The van der Waals surface area contributed by atoms with Gasteiger partial charge in [-0.15, -0.1) is 0 Å². The van der Waals surface area contributed by atoms with Crippen LogP contribution in [0.5, 0.6) is 0 Å². The van der Waals surface area contributed by atoms with Crippen LogP contribution in [0.4, 0.5) is 8.78 Å². The van der Waals surface area contributed by atoms with Gasteiger partial charge in [-0.1, -0.05) is 11.6 Å². The van der Waals surface area contributed by atoms with Gasteiger partial charge in [0.25, 0.3) is 5.91 Å². The topological polar surface area (TPSA) is 40.5 Å². The number of carbonyl (C=O) groups excluding carboxylic acids is 1. The molecule has 2 rings (SSSR count). The summed E-state index contributed by atoms with van der Waals surface area (Å²) < 4.78 is 27.1. The summed E-state index contributed by atoms with van der Waals surface area (Å²) in [6.07, 6.45) is 1.61. The van der Waals surface area contributed by atoms with Gasteiger partial charge in [0.1, 0.15) is 11.6 Å². The van der Waals surface area contributed by atoms with Crippen molar-refractivity contribution in [1.82, 2.24) is 4.90 Å². The van der Waals surface area contributed by atoms with Crippen molar-refractivity contribution in [2.75, 3.05) is 13.1 Å². The number of hydrogen-bond acceptors (Lipinski definition) is 2. The van der Waals surface area contributed by atoms with Crippen molar-refractivity contribution in [1.29, 1.82) is 0 Å². The van der Waals surface area contributed by atoms with E-state index in [4.69, 9.17) is 11.6 Å². The summed E-state index contributed by atoms with van der Waals surface area (Å²) in [6.45, 7) is 2.44. The second kappa shape index (κ2) is 5.66. The molecule has 1 aliphatic heterocycles. The molecule has 0 bridgehead atoms. The highest BCUT2D eigenvalue weighted by Gasteiger charge is 2.28. The van der Waals surface area contributed by atoms with Gasteiger partial charge in [0, 0.05) is 13.1 Å². The van der Waals surface area contributed by atoms with E-state index in [1.165, 1.54) is 4.90 Å². The molecule has 1 fully saturated rings. The number of hydrogen-bond donors (Lipinski definition) is 1. The maximum Gasteiger partial charge on any atom is 0.256 e. The molecule has 1 atom stereocenters. The summed E-state index contributed by atoms with van der Waals surface area (Å²) in [4.78, 5) is 13.7. The fraction of sp³-hybridized carbons (Fsp3) is 0.500. The van der Waals surface area contributed by atoms with Gasteiger partial charge < -0.3 is 10.0 Å². The number of benzene rings is 1. The van der Waals surface area contributed by atoms with Crippen LogP contribution >= 0.6 is 11.6 Å². The Hall–Kier alpha value is -1.20. The van der Waals surface area contributed by atoms with E-state index < -0.39 is 23.1 Å². The van der Waals surface area contributed by atoms with E-state index in [-0.39, 0.29) is 10.6 Å². The smallest absolute Gasteiger partial charge is 0.256 e. The van der Waals surface area contributed by atoms with Crippen LogP contribution in [0.3, 0.4) is 0 Å². The molecule has 1 unspecified atom stereocenters. The number of carbonyl (C=O) groups is 1. The largest absolute Gasteiger partial charge is 0.390 e. The second-order valence-electron chi connectivity index (χ2n) is 5.39. The number of aliphatic hydroxyl groups is 1. The molecule has 1 aromatic rings. The maximum atomic E-state index is 13.7. The average Bonchev–Trinajstić information content (AvgIpc) is 2.54. The molecule has 3 nitrogen and oxygen atoms in total. The Bertz CT molecular complexity index is 534. The molecule has 1 heterocycles. The zero-order chi connectivity index (χ0) is 14.9. The molecule has 0 radical (unpaired) electrons. The molecule has 0 aromatic heterocycles. The SMILES string of the molecule is CC1(O)CCCN(C(=O)c2cc(F)c(Cl)cc2F)CC1. The van der Waals surface area contributed by atoms with Crippen LogP contribution in [0.25, 0.3) is 0 Å². The minimum Gasteiger partial charge on any atom is -0.390 e. The molecular weight excluding hydrogens is 288 g/mol. The van der Waals surface area contributed by atoms with Gasteiger partial charge in [-0.25, -0.2) is 8.78 Å². The summed E-state index contributed by atoms with van der Waals surface area (Å²) in [5, 5.41) is 9.62. The Morgan fingerprint density at radius 1 is 1.30 bits per heavy atom. The van der Waals surface area contributed by atoms with E-state index in [1.807, 2.05) is 0 Å². The molecule has 0 saturated carbocycles. The van der Waals surface area contributed by atoms with Crippen molar-refractivity contribution < 1.29 is 18.7 Å². The van der Waals surface area contributed by atoms with Crippen LogP contribution in [0, 0.1) is 11.6 Å². The quantitative estimate of drug-likeness (QED) is 0.810. The predicted molar refractivity (Wildman–Crippen MR) is 71.7 cm³/mol. The van der Waals surface area contributed by atoms with E-state index in [0.717, 1.165) is 12.1 Å². The molecule has 0 spiro atoms. The van der Waals surface area contributed by atoms with E-state index in [2.05, 4.69) is 0 Å². The van der Waals surface area contributed by atoms with Crippen molar-refractivity contribution in [3.05, 3.63) is 34.4 Å². The minimum atomic E-state index is -0.836. The molecular formula is C14H16ClF2NO2. The van der Waals surface area contributed by atoms with Crippen LogP contribution in [0.2, 0.25) is 5.02 Å². The first-order valence-electron chi connectivity index (χ1n) is 6.46. The third-order valence-corrected chi connectivity index (χ3v) is 3.88. The Morgan fingerprint density at radius 2 is 2.00 bits per heavy atom. The first kappa shape index (κ1) is 15.2. The molecule has 1 N–H and O–H groups in total. The van der Waals surface area contributed by atoms with Gasteiger partial charge in [-0.3, -0.25) is 4.79 Å². The predicted octanol–water partition coefficient (Wildman–Crippen LogP) is 3.00. The Morgan fingerprint density at radius 3 is 2.70 bits per heavy atom. The number of amides is 1. The highest BCUT2D eigenvalue weighted by molar-refractivity contribution is 6.30. The molecule has 0 aliphatic carbocycles. The van der Waals surface area contributed by atoms with E-state index >= 15 is 0 Å². The zero-order valence-electron chi connectivity index (χ0n) is 11.1. The van der Waals surface area contributed by atoms with Gasteiger partial charge >= 0.3 is 0 Å². The highest BCUT2D eigenvalue weighted by Crippen LogP contribution is 2.24. The number of likely N-dealkylation sites (tertiary alicyclic amines) is 1. The first-order valence-corrected chi connectivity index (χ1v) is 6.84. The average molecular weight is 304 g/mol. The Labute approximate surface area is 121 Å². The monoisotopic (exact) mass is 303 g/mol. The Kier molecular flexibility index (Phi) is 4.30. The van der Waals surface area contributed by atoms with Crippen LogP contribution in [0.15, 0.2) is 12.1 Å². The summed E-state index contributed by atoms with van der Waals surface area (Å²) in [6, 6.07) is 1.63. The summed E-state index contributed by atoms with van der Waals surface area (Å²) in [7, 11) is 0. The lowest BCUT2D eigenvalue weighted by Gasteiger charge is -2.22. The zero-order valence-corrected chi connectivity index (χ0v) is 11.9. The highest BCUT2D eigenvalue weighted by atomic mass is 35.5. The third kappa shape index (κ3) is 3.27. The molecule has 1 aromatic carbocycles. The number of halogens is 3. The first-order chi connectivity index (χ1) is 9.30. The van der Waals surface area contributed by atoms with E-state index in [0.29, 0.717) is 32.4 Å². The summed E-state index contributed by atoms with van der Waals surface area (Å²) >= 11 is 5.47. The van der Waals surface area contributed by atoms with Crippen molar-refractivity contribution in [2.45, 2.75) is 31.8 Å².